The molecule has 9 heteroatoms. The third-order valence-electron chi connectivity index (χ3n) is 29.0. The number of hydrogen-bond donors (Lipinski definition) is 0. The highest BCUT2D eigenvalue weighted by Crippen LogP contribution is 2.47. The Morgan fingerprint density at radius 2 is 0.340 bits per heavy atom. The minimum absolute atomic E-state index is 0.942. The molecule has 0 N–H and O–H groups in total. The number of para-hydroxylation sites is 6. The Balaban J connectivity index is 0.000000104. The van der Waals surface area contributed by atoms with E-state index < -0.39 is 0 Å². The van der Waals surface area contributed by atoms with Crippen LogP contribution in [0.1, 0.15) is 0 Å². The zero-order chi connectivity index (χ0) is 92.7. The van der Waals surface area contributed by atoms with Gasteiger partial charge in [-0.3, -0.25) is 29.9 Å². The molecular weight excluding hydrogens is 1710 g/mol. The Kier molecular flexibility index (Phi) is 18.8. The number of benzene rings is 24. The molecule has 0 saturated carbocycles. The highest BCUT2D eigenvalue weighted by molar-refractivity contribution is 6.28. The minimum Gasteiger partial charge on any atom is -0.309 e. The highest BCUT2D eigenvalue weighted by atomic mass is 15.0. The third-order valence-corrected chi connectivity index (χ3v) is 29.0. The predicted molar refractivity (Wildman–Crippen MR) is 592 cm³/mol. The van der Waals surface area contributed by atoms with Gasteiger partial charge in [0.15, 0.2) is 0 Å². The standard InChI is InChI=1S/3C44H27N3/c1-2-10-30(11-3-1)47-41-19-7-6-13-36(41)40-27-29(21-23-42(40)47)32-16-9-17-33-31(15-8-18-34(32)33)28-20-22-38-39(26-28)35-12-4-5-14-37(35)43-44(38)46-25-24-45-43;1-2-10-30(11-3-1)47-41-17-9-8-15-36(41)40-27-29(19-23-42(40)47)32-22-21-31(33-12-4-5-13-34(32)33)28-18-20-38-39(26-28)35-14-6-7-16-37(35)43-44(38)46-25-24-45-43;1-2-8-34(9-3-1)47-41-13-7-6-11-36(41)40-27-32(19-21-42(40)47)30-17-15-28-14-16-29(24-33(28)25-30)31-18-20-38-39(26-31)35-10-4-5-12-37(35)43-44(38)46-23-22-45-43/h3*1-27H. The van der Waals surface area contributed by atoms with Gasteiger partial charge >= 0.3 is 0 Å². The Morgan fingerprint density at radius 1 is 0.121 bits per heavy atom. The second-order valence-electron chi connectivity index (χ2n) is 36.6. The number of nitrogens with zero attached hydrogens (tertiary/aromatic N) is 9. The Labute approximate surface area is 809 Å². The summed E-state index contributed by atoms with van der Waals surface area (Å²) in [5.41, 5.74) is 31.0. The van der Waals surface area contributed by atoms with Crippen LogP contribution in [0.5, 0.6) is 0 Å². The van der Waals surface area contributed by atoms with Crippen molar-refractivity contribution in [1.29, 1.82) is 0 Å². The molecule has 6 aromatic heterocycles. The lowest BCUT2D eigenvalue weighted by Crippen LogP contribution is -1.93. The van der Waals surface area contributed by atoms with Gasteiger partial charge in [0.1, 0.15) is 0 Å². The largest absolute Gasteiger partial charge is 0.309 e. The molecule has 6 heterocycles. The van der Waals surface area contributed by atoms with Crippen molar-refractivity contribution in [3.05, 3.63) is 492 Å². The summed E-state index contributed by atoms with van der Waals surface area (Å²) in [4.78, 5) is 28.3. The van der Waals surface area contributed by atoms with E-state index in [-0.39, 0.29) is 0 Å². The fourth-order valence-electron chi connectivity index (χ4n) is 22.6. The molecule has 0 amide bonds. The molecule has 0 fully saturated rings. The van der Waals surface area contributed by atoms with E-state index in [0.717, 1.165) is 65.4 Å². The SMILES string of the molecule is c1ccc(-n2c3ccccc3c3cc(-c4ccc(-c5ccc6c(c5)c5ccccc5c5nccnc65)c5ccccc45)ccc32)cc1.c1ccc(-n2c3ccccc3c3cc(-c4ccc5ccc(-c6ccc7c(c6)c6ccccc6c6nccnc76)cc5c4)ccc32)cc1.c1ccc(-n2c3ccccc3c3cc(-c4cccc5c(-c6ccc7c(c6)c6ccccc6c6nccnc76)cccc45)ccc32)cc1. The van der Waals surface area contributed by atoms with Gasteiger partial charge in [0.05, 0.1) is 66.2 Å². The maximum atomic E-state index is 4.75. The normalized spacial score (nSPS) is 11.8. The number of fused-ring (bicyclic) bond motifs is 30. The number of aromatic nitrogens is 9. The van der Waals surface area contributed by atoms with E-state index in [4.69, 9.17) is 29.9 Å². The quantitative estimate of drug-likeness (QED) is 0.134. The van der Waals surface area contributed by atoms with Crippen LogP contribution in [-0.4, -0.2) is 43.6 Å². The first-order chi connectivity index (χ1) is 70.0. The molecule has 0 aliphatic heterocycles. The average molecular weight is 1790 g/mol. The summed E-state index contributed by atoms with van der Waals surface area (Å²) in [7, 11) is 0. The van der Waals surface area contributed by atoms with E-state index in [1.54, 1.807) is 37.2 Å². The summed E-state index contributed by atoms with van der Waals surface area (Å²) in [6.45, 7) is 0. The molecule has 30 rings (SSSR count). The Bertz CT molecular complexity index is 9970. The van der Waals surface area contributed by atoms with E-state index in [2.05, 4.69) is 469 Å². The van der Waals surface area contributed by atoms with Crippen molar-refractivity contribution in [3.63, 3.8) is 0 Å². The summed E-state index contributed by atoms with van der Waals surface area (Å²) in [6, 6.07) is 165. The molecule has 0 aliphatic rings. The van der Waals surface area contributed by atoms with Crippen LogP contribution >= 0.6 is 0 Å². The van der Waals surface area contributed by atoms with E-state index in [1.165, 1.54) is 214 Å². The van der Waals surface area contributed by atoms with Gasteiger partial charge in [-0.1, -0.05) is 334 Å². The van der Waals surface area contributed by atoms with Gasteiger partial charge in [-0.05, 0) is 253 Å². The van der Waals surface area contributed by atoms with Crippen LogP contribution in [-0.2, 0) is 0 Å². The van der Waals surface area contributed by atoms with E-state index in [0.29, 0.717) is 0 Å². The van der Waals surface area contributed by atoms with Gasteiger partial charge < -0.3 is 13.7 Å². The van der Waals surface area contributed by atoms with Crippen molar-refractivity contribution in [1.82, 2.24) is 43.6 Å². The van der Waals surface area contributed by atoms with E-state index >= 15 is 0 Å². The van der Waals surface area contributed by atoms with E-state index in [9.17, 15) is 0 Å². The van der Waals surface area contributed by atoms with E-state index in [1.807, 2.05) is 0 Å². The molecule has 654 valence electrons. The smallest absolute Gasteiger partial charge is 0.0971 e. The topological polar surface area (TPSA) is 92.1 Å². The van der Waals surface area contributed by atoms with Crippen LogP contribution in [0.2, 0.25) is 0 Å². The maximum Gasteiger partial charge on any atom is 0.0971 e. The first kappa shape index (κ1) is 80.5. The zero-order valence-corrected chi connectivity index (χ0v) is 76.3. The van der Waals surface area contributed by atoms with Crippen molar-refractivity contribution in [2.75, 3.05) is 0 Å². The fourth-order valence-corrected chi connectivity index (χ4v) is 22.6. The Morgan fingerprint density at radius 3 is 0.681 bits per heavy atom. The van der Waals surface area contributed by atoms with Gasteiger partial charge in [0, 0.05) is 119 Å². The zero-order valence-electron chi connectivity index (χ0n) is 76.3. The molecule has 0 unspecified atom stereocenters. The predicted octanol–water partition coefficient (Wildman–Crippen LogP) is 34.6. The van der Waals surface area contributed by atoms with Crippen molar-refractivity contribution >= 4 is 195 Å². The summed E-state index contributed by atoms with van der Waals surface area (Å²) in [5.74, 6) is 0. The summed E-state index contributed by atoms with van der Waals surface area (Å²) in [5, 5.41) is 28.9. The van der Waals surface area contributed by atoms with Crippen molar-refractivity contribution in [2.24, 2.45) is 0 Å². The van der Waals surface area contributed by atoms with Crippen LogP contribution in [0.4, 0.5) is 0 Å². The van der Waals surface area contributed by atoms with Gasteiger partial charge in [0.25, 0.3) is 0 Å². The van der Waals surface area contributed by atoms with Gasteiger partial charge in [-0.2, -0.15) is 0 Å². The summed E-state index contributed by atoms with van der Waals surface area (Å²) in [6.07, 6.45) is 10.7. The van der Waals surface area contributed by atoms with Crippen LogP contribution < -0.4 is 0 Å². The van der Waals surface area contributed by atoms with Crippen molar-refractivity contribution in [2.45, 2.75) is 0 Å². The lowest BCUT2D eigenvalue weighted by Gasteiger charge is -2.14. The van der Waals surface area contributed by atoms with Gasteiger partial charge in [-0.15, -0.1) is 0 Å². The second-order valence-corrected chi connectivity index (χ2v) is 36.6. The van der Waals surface area contributed by atoms with Crippen LogP contribution in [0, 0.1) is 0 Å². The summed E-state index contributed by atoms with van der Waals surface area (Å²) >= 11 is 0. The molecule has 0 aliphatic carbocycles. The summed E-state index contributed by atoms with van der Waals surface area (Å²) < 4.78 is 7.10. The first-order valence-corrected chi connectivity index (χ1v) is 48.0. The number of rotatable bonds is 9. The monoisotopic (exact) mass is 1790 g/mol. The van der Waals surface area contributed by atoms with Crippen LogP contribution in [0.3, 0.4) is 0 Å². The lowest BCUT2D eigenvalue weighted by atomic mass is 9.90. The molecule has 0 spiro atoms. The minimum atomic E-state index is 0.942. The van der Waals surface area contributed by atoms with Crippen molar-refractivity contribution in [3.8, 4) is 83.8 Å². The second kappa shape index (κ2) is 33.0. The average Bonchev–Trinajstić information content (AvgIpc) is 1.70. The molecule has 0 radical (unpaired) electrons. The van der Waals surface area contributed by atoms with Gasteiger partial charge in [0.2, 0.25) is 0 Å². The molecule has 0 bridgehead atoms. The number of hydrogen-bond acceptors (Lipinski definition) is 6. The van der Waals surface area contributed by atoms with Crippen LogP contribution in [0.15, 0.2) is 492 Å². The van der Waals surface area contributed by atoms with Gasteiger partial charge in [-0.25, -0.2) is 0 Å². The third kappa shape index (κ3) is 13.2. The fraction of sp³-hybridized carbons (Fsp3) is 0. The maximum absolute atomic E-state index is 4.75. The first-order valence-electron chi connectivity index (χ1n) is 48.0. The molecule has 9 nitrogen and oxygen atoms in total. The molecular formula is C132H81N9. The molecule has 141 heavy (non-hydrogen) atoms. The van der Waals surface area contributed by atoms with Crippen molar-refractivity contribution < 1.29 is 0 Å². The molecule has 24 aromatic carbocycles. The highest BCUT2D eigenvalue weighted by Gasteiger charge is 2.23. The molecule has 0 saturated heterocycles. The van der Waals surface area contributed by atoms with Crippen LogP contribution in [0.25, 0.3) is 279 Å². The molecule has 30 aromatic rings. The Hall–Kier alpha value is -19.0. The molecule has 0 atom stereocenters. The lowest BCUT2D eigenvalue weighted by molar-refractivity contribution is 1.18.